The summed E-state index contributed by atoms with van der Waals surface area (Å²) in [5.74, 6) is 0. The smallest absolute Gasteiger partial charge is 0.170 e. The van der Waals surface area contributed by atoms with E-state index in [1.165, 1.54) is 5.69 Å². The molecule has 5 nitrogen and oxygen atoms in total. The lowest BCUT2D eigenvalue weighted by Gasteiger charge is -2.29. The molecule has 2 aromatic carbocycles. The topological polar surface area (TPSA) is 45.1 Å². The average molecular weight is 454 g/mol. The van der Waals surface area contributed by atoms with E-state index in [-0.39, 0.29) is 12.1 Å². The maximum Gasteiger partial charge on any atom is 0.170 e. The molecule has 1 aliphatic heterocycles. The summed E-state index contributed by atoms with van der Waals surface area (Å²) in [5.41, 5.74) is 4.47. The third kappa shape index (κ3) is 4.61. The Bertz CT molecular complexity index is 1180. The molecule has 166 valence electrons. The van der Waals surface area contributed by atoms with Crippen molar-refractivity contribution in [1.29, 1.82) is 0 Å². The van der Waals surface area contributed by atoms with Gasteiger partial charge in [0, 0.05) is 42.6 Å². The van der Waals surface area contributed by atoms with E-state index in [4.69, 9.17) is 12.2 Å². The maximum absolute atomic E-state index is 5.83. The summed E-state index contributed by atoms with van der Waals surface area (Å²) in [6.45, 7) is 1.73. The zero-order chi connectivity index (χ0) is 22.5. The number of nitrogens with zero attached hydrogens (tertiary/aromatic N) is 3. The highest BCUT2D eigenvalue weighted by Gasteiger charge is 2.40. The van der Waals surface area contributed by atoms with Crippen LogP contribution >= 0.6 is 12.2 Å². The number of nitrogens with one attached hydrogen (secondary N) is 2. The van der Waals surface area contributed by atoms with Crippen molar-refractivity contribution >= 4 is 23.0 Å². The van der Waals surface area contributed by atoms with E-state index in [1.54, 1.807) is 0 Å². The van der Waals surface area contributed by atoms with Crippen LogP contribution in [0, 0.1) is 0 Å². The number of aromatic nitrogens is 2. The second kappa shape index (κ2) is 9.88. The van der Waals surface area contributed by atoms with Gasteiger partial charge in [-0.2, -0.15) is 0 Å². The molecule has 0 amide bonds. The fourth-order valence-corrected chi connectivity index (χ4v) is 4.80. The zero-order valence-corrected chi connectivity index (χ0v) is 19.2. The summed E-state index contributed by atoms with van der Waals surface area (Å²) in [6.07, 6.45) is 4.94. The lowest BCUT2D eigenvalue weighted by Crippen LogP contribution is -2.32. The van der Waals surface area contributed by atoms with E-state index in [2.05, 4.69) is 85.9 Å². The molecule has 0 saturated carbocycles. The standard InChI is InChI=1S/C27H27N5S/c33-27-30-25(23-15-7-8-17-29-23)26(24-16-9-19-31(24)22-13-5-2-6-14-22)32(27)20-10-18-28-21-11-3-1-4-12-21/h1-9,11-17,19,25-26,28H,10,18,20H2,(H,30,33)/t25-,26-/m0/s1. The molecule has 0 aliphatic carbocycles. The molecule has 3 heterocycles. The first-order valence-corrected chi connectivity index (χ1v) is 11.7. The van der Waals surface area contributed by atoms with Crippen LogP contribution in [0.4, 0.5) is 5.69 Å². The number of benzene rings is 2. The van der Waals surface area contributed by atoms with Crippen LogP contribution in [0.25, 0.3) is 5.69 Å². The molecule has 0 unspecified atom stereocenters. The zero-order valence-electron chi connectivity index (χ0n) is 18.3. The minimum absolute atomic E-state index is 0.0156. The molecule has 0 radical (unpaired) electrons. The van der Waals surface area contributed by atoms with Crippen LogP contribution < -0.4 is 10.6 Å². The molecule has 0 bridgehead atoms. The van der Waals surface area contributed by atoms with Gasteiger partial charge in [-0.25, -0.2) is 0 Å². The fourth-order valence-electron chi connectivity index (χ4n) is 4.46. The van der Waals surface area contributed by atoms with Crippen molar-refractivity contribution in [1.82, 2.24) is 19.8 Å². The Morgan fingerprint density at radius 2 is 1.64 bits per heavy atom. The Kier molecular flexibility index (Phi) is 6.35. The van der Waals surface area contributed by atoms with Crippen LogP contribution in [0.15, 0.2) is 103 Å². The molecule has 1 saturated heterocycles. The Balaban J connectivity index is 1.41. The van der Waals surface area contributed by atoms with Crippen LogP contribution in [0.1, 0.15) is 29.9 Å². The van der Waals surface area contributed by atoms with Gasteiger partial charge in [-0.1, -0.05) is 42.5 Å². The molecular weight excluding hydrogens is 426 g/mol. The lowest BCUT2D eigenvalue weighted by atomic mass is 10.0. The Labute approximate surface area is 200 Å². The number of hydrogen-bond acceptors (Lipinski definition) is 3. The van der Waals surface area contributed by atoms with Crippen LogP contribution in [0.3, 0.4) is 0 Å². The van der Waals surface area contributed by atoms with Gasteiger partial charge in [-0.05, 0) is 67.2 Å². The monoisotopic (exact) mass is 453 g/mol. The number of anilines is 1. The summed E-state index contributed by atoms with van der Waals surface area (Å²) < 4.78 is 2.26. The minimum Gasteiger partial charge on any atom is -0.385 e. The number of pyridine rings is 1. The molecule has 33 heavy (non-hydrogen) atoms. The first kappa shape index (κ1) is 21.2. The van der Waals surface area contributed by atoms with E-state index < -0.39 is 0 Å². The Hall–Kier alpha value is -3.64. The van der Waals surface area contributed by atoms with Crippen LogP contribution in [-0.2, 0) is 0 Å². The van der Waals surface area contributed by atoms with Crippen molar-refractivity contribution < 1.29 is 0 Å². The molecule has 2 N–H and O–H groups in total. The van der Waals surface area contributed by atoms with Crippen molar-refractivity contribution in [3.63, 3.8) is 0 Å². The van der Waals surface area contributed by atoms with Crippen molar-refractivity contribution in [3.05, 3.63) is 115 Å². The molecule has 1 aliphatic rings. The van der Waals surface area contributed by atoms with E-state index in [0.717, 1.165) is 41.7 Å². The predicted molar refractivity (Wildman–Crippen MR) is 137 cm³/mol. The highest BCUT2D eigenvalue weighted by molar-refractivity contribution is 7.80. The SMILES string of the molecule is S=C1N[C@@H](c2ccccn2)[C@H](c2cccn2-c2ccccc2)N1CCCNc1ccccc1. The van der Waals surface area contributed by atoms with Crippen molar-refractivity contribution in [2.45, 2.75) is 18.5 Å². The average Bonchev–Trinajstić information content (AvgIpc) is 3.48. The Morgan fingerprint density at radius 3 is 2.39 bits per heavy atom. The molecule has 6 heteroatoms. The third-order valence-electron chi connectivity index (χ3n) is 5.99. The van der Waals surface area contributed by atoms with Gasteiger partial charge in [0.15, 0.2) is 5.11 Å². The summed E-state index contributed by atoms with van der Waals surface area (Å²) in [6, 6.07) is 31.1. The summed E-state index contributed by atoms with van der Waals surface area (Å²) >= 11 is 5.83. The van der Waals surface area contributed by atoms with E-state index in [1.807, 2.05) is 42.6 Å². The fraction of sp³-hybridized carbons (Fsp3) is 0.185. The summed E-state index contributed by atoms with van der Waals surface area (Å²) in [5, 5.41) is 7.84. The van der Waals surface area contributed by atoms with Gasteiger partial charge >= 0.3 is 0 Å². The van der Waals surface area contributed by atoms with Gasteiger partial charge in [-0.15, -0.1) is 0 Å². The van der Waals surface area contributed by atoms with Crippen LogP contribution in [-0.4, -0.2) is 32.7 Å². The van der Waals surface area contributed by atoms with Crippen LogP contribution in [0.2, 0.25) is 0 Å². The molecular formula is C27H27N5S. The second-order valence-electron chi connectivity index (χ2n) is 8.10. The highest BCUT2D eigenvalue weighted by atomic mass is 32.1. The number of thiocarbonyl (C=S) groups is 1. The maximum atomic E-state index is 5.83. The van der Waals surface area contributed by atoms with Gasteiger partial charge < -0.3 is 20.1 Å². The van der Waals surface area contributed by atoms with Crippen molar-refractivity contribution in [2.24, 2.45) is 0 Å². The number of para-hydroxylation sites is 2. The second-order valence-corrected chi connectivity index (χ2v) is 8.49. The van der Waals surface area contributed by atoms with Crippen LogP contribution in [0.5, 0.6) is 0 Å². The van der Waals surface area contributed by atoms with Gasteiger partial charge in [0.05, 0.1) is 17.8 Å². The molecule has 2 aromatic heterocycles. The molecule has 2 atom stereocenters. The number of rotatable bonds is 8. The summed E-state index contributed by atoms with van der Waals surface area (Å²) in [7, 11) is 0. The third-order valence-corrected chi connectivity index (χ3v) is 6.35. The number of hydrogen-bond donors (Lipinski definition) is 2. The van der Waals surface area contributed by atoms with Crippen molar-refractivity contribution in [3.8, 4) is 5.69 Å². The predicted octanol–water partition coefficient (Wildman–Crippen LogP) is 5.35. The summed E-state index contributed by atoms with van der Waals surface area (Å²) in [4.78, 5) is 6.97. The molecule has 0 spiro atoms. The normalized spacial score (nSPS) is 17.7. The first-order chi connectivity index (χ1) is 16.3. The largest absolute Gasteiger partial charge is 0.385 e. The van der Waals surface area contributed by atoms with E-state index >= 15 is 0 Å². The lowest BCUT2D eigenvalue weighted by molar-refractivity contribution is 0.307. The first-order valence-electron chi connectivity index (χ1n) is 11.3. The van der Waals surface area contributed by atoms with E-state index in [9.17, 15) is 0 Å². The van der Waals surface area contributed by atoms with Gasteiger partial charge in [0.1, 0.15) is 0 Å². The van der Waals surface area contributed by atoms with Gasteiger partial charge in [0.2, 0.25) is 0 Å². The van der Waals surface area contributed by atoms with Crippen molar-refractivity contribution in [2.75, 3.05) is 18.4 Å². The quantitative estimate of drug-likeness (QED) is 0.278. The molecule has 4 aromatic rings. The van der Waals surface area contributed by atoms with Gasteiger partial charge in [-0.3, -0.25) is 4.98 Å². The molecule has 5 rings (SSSR count). The Morgan fingerprint density at radius 1 is 0.879 bits per heavy atom. The van der Waals surface area contributed by atoms with E-state index in [0.29, 0.717) is 0 Å². The minimum atomic E-state index is -0.0156. The van der Waals surface area contributed by atoms with Gasteiger partial charge in [0.25, 0.3) is 0 Å². The highest BCUT2D eigenvalue weighted by Crippen LogP contribution is 2.39. The molecule has 1 fully saturated rings.